The van der Waals surface area contributed by atoms with Crippen LogP contribution in [0.15, 0.2) is 6.33 Å². The first-order chi connectivity index (χ1) is 10.5. The highest BCUT2D eigenvalue weighted by Gasteiger charge is 2.41. The number of aromatic nitrogens is 4. The molecular formula is C13H18ClN5O2S. The van der Waals surface area contributed by atoms with Gasteiger partial charge in [-0.1, -0.05) is 13.8 Å². The molecule has 0 bridgehead atoms. The van der Waals surface area contributed by atoms with E-state index in [1.54, 1.807) is 10.9 Å². The number of aliphatic hydroxyl groups is 2. The molecular weight excluding hydrogens is 326 g/mol. The molecule has 9 heteroatoms. The summed E-state index contributed by atoms with van der Waals surface area (Å²) >= 11 is 7.49. The van der Waals surface area contributed by atoms with E-state index >= 15 is 0 Å². The number of aliphatic hydroxyl groups excluding tert-OH is 2. The number of nitrogens with zero attached hydrogens (tertiary/aromatic N) is 4. The lowest BCUT2D eigenvalue weighted by Crippen LogP contribution is -2.30. The van der Waals surface area contributed by atoms with Gasteiger partial charge < -0.3 is 15.5 Å². The second-order valence-corrected chi connectivity index (χ2v) is 7.14. The monoisotopic (exact) mass is 343 g/mol. The molecule has 22 heavy (non-hydrogen) atoms. The number of anilines is 1. The van der Waals surface area contributed by atoms with E-state index in [0.717, 1.165) is 13.0 Å². The average Bonchev–Trinajstić information content (AvgIpc) is 3.01. The molecule has 2 aromatic rings. The molecule has 1 saturated heterocycles. The Bertz CT molecular complexity index is 682. The van der Waals surface area contributed by atoms with Crippen molar-refractivity contribution in [3.63, 3.8) is 0 Å². The topological polar surface area (TPSA) is 96.1 Å². The van der Waals surface area contributed by atoms with Gasteiger partial charge in [0.2, 0.25) is 5.28 Å². The van der Waals surface area contributed by atoms with Gasteiger partial charge in [-0.3, -0.25) is 4.57 Å². The van der Waals surface area contributed by atoms with Gasteiger partial charge in [-0.15, -0.1) is 11.8 Å². The van der Waals surface area contributed by atoms with E-state index in [2.05, 4.69) is 27.2 Å². The first-order valence-corrected chi connectivity index (χ1v) is 8.50. The summed E-state index contributed by atoms with van der Waals surface area (Å²) in [4.78, 5) is 12.8. The third kappa shape index (κ3) is 2.64. The molecule has 2 aromatic heterocycles. The quantitative estimate of drug-likeness (QED) is 0.726. The van der Waals surface area contributed by atoms with Crippen molar-refractivity contribution in [2.24, 2.45) is 0 Å². The maximum absolute atomic E-state index is 10.2. The minimum absolute atomic E-state index is 0.0626. The molecule has 1 aliphatic heterocycles. The van der Waals surface area contributed by atoms with Crippen molar-refractivity contribution in [3.8, 4) is 0 Å². The van der Waals surface area contributed by atoms with Crippen LogP contribution in [0.4, 0.5) is 5.82 Å². The maximum atomic E-state index is 10.2. The SMILES string of the molecule is CCCNc1nc(Cl)nc2c1ncn2[C@@H]1S[C@@H](C)[C@@H](O)[C@H]1O. The van der Waals surface area contributed by atoms with E-state index in [-0.39, 0.29) is 15.9 Å². The van der Waals surface area contributed by atoms with Gasteiger partial charge in [-0.25, -0.2) is 4.98 Å². The van der Waals surface area contributed by atoms with Crippen molar-refractivity contribution < 1.29 is 10.2 Å². The summed E-state index contributed by atoms with van der Waals surface area (Å²) in [6.45, 7) is 4.69. The highest BCUT2D eigenvalue weighted by Crippen LogP contribution is 2.43. The Hall–Kier alpha value is -1.09. The Labute approximate surface area is 137 Å². The Morgan fingerprint density at radius 3 is 2.77 bits per heavy atom. The minimum atomic E-state index is -0.877. The number of nitrogens with one attached hydrogen (secondary N) is 1. The molecule has 0 saturated carbocycles. The zero-order valence-corrected chi connectivity index (χ0v) is 13.8. The Morgan fingerprint density at radius 1 is 1.36 bits per heavy atom. The van der Waals surface area contributed by atoms with Crippen LogP contribution in [0.3, 0.4) is 0 Å². The number of hydrogen-bond acceptors (Lipinski definition) is 7. The van der Waals surface area contributed by atoms with Crippen molar-refractivity contribution in [1.82, 2.24) is 19.5 Å². The van der Waals surface area contributed by atoms with Gasteiger partial charge in [0.15, 0.2) is 17.0 Å². The van der Waals surface area contributed by atoms with Crippen LogP contribution in [-0.4, -0.2) is 53.7 Å². The van der Waals surface area contributed by atoms with Gasteiger partial charge in [-0.2, -0.15) is 9.97 Å². The number of hydrogen-bond donors (Lipinski definition) is 3. The van der Waals surface area contributed by atoms with Crippen molar-refractivity contribution in [1.29, 1.82) is 0 Å². The van der Waals surface area contributed by atoms with E-state index in [0.29, 0.717) is 17.0 Å². The Morgan fingerprint density at radius 2 is 2.14 bits per heavy atom. The zero-order valence-electron chi connectivity index (χ0n) is 12.3. The van der Waals surface area contributed by atoms with Gasteiger partial charge in [0, 0.05) is 11.8 Å². The van der Waals surface area contributed by atoms with Gasteiger partial charge in [0.25, 0.3) is 0 Å². The third-order valence-corrected chi connectivity index (χ3v) is 5.35. The predicted octanol–water partition coefficient (Wildman–Crippen LogP) is 1.66. The van der Waals surface area contributed by atoms with Crippen LogP contribution in [0.2, 0.25) is 5.28 Å². The van der Waals surface area contributed by atoms with E-state index in [1.807, 2.05) is 6.92 Å². The third-order valence-electron chi connectivity index (χ3n) is 3.69. The number of rotatable bonds is 4. The van der Waals surface area contributed by atoms with Crippen molar-refractivity contribution in [2.75, 3.05) is 11.9 Å². The lowest BCUT2D eigenvalue weighted by atomic mass is 10.1. The fourth-order valence-corrected chi connectivity index (χ4v) is 4.03. The lowest BCUT2D eigenvalue weighted by molar-refractivity contribution is 0.0206. The summed E-state index contributed by atoms with van der Waals surface area (Å²) < 4.78 is 1.75. The zero-order chi connectivity index (χ0) is 15.9. The second-order valence-electron chi connectivity index (χ2n) is 5.31. The molecule has 7 nitrogen and oxygen atoms in total. The molecule has 0 unspecified atom stereocenters. The van der Waals surface area contributed by atoms with Crippen LogP contribution >= 0.6 is 23.4 Å². The van der Waals surface area contributed by atoms with Crippen LogP contribution in [-0.2, 0) is 0 Å². The van der Waals surface area contributed by atoms with Gasteiger partial charge in [0.05, 0.1) is 12.4 Å². The average molecular weight is 344 g/mol. The molecule has 120 valence electrons. The summed E-state index contributed by atoms with van der Waals surface area (Å²) in [5.41, 5.74) is 1.16. The number of thioether (sulfide) groups is 1. The molecule has 0 spiro atoms. The maximum Gasteiger partial charge on any atom is 0.226 e. The first kappa shape index (κ1) is 15.8. The fraction of sp³-hybridized carbons (Fsp3) is 0.615. The van der Waals surface area contributed by atoms with Crippen LogP contribution < -0.4 is 5.32 Å². The van der Waals surface area contributed by atoms with E-state index < -0.39 is 12.2 Å². The van der Waals surface area contributed by atoms with Crippen molar-refractivity contribution >= 4 is 40.3 Å². The smallest absolute Gasteiger partial charge is 0.226 e. The summed E-state index contributed by atoms with van der Waals surface area (Å²) in [6, 6.07) is 0. The Balaban J connectivity index is 2.03. The standard InChI is InChI=1S/C13H18ClN5O2S/c1-3-4-15-10-7-11(18-13(14)17-10)19(5-16-7)12-9(21)8(20)6(2)22-12/h5-6,8-9,12,20-21H,3-4H2,1-2H3,(H,15,17,18)/t6-,8+,9+,12+/m0/s1. The normalized spacial score (nSPS) is 28.4. The minimum Gasteiger partial charge on any atom is -0.389 e. The second kappa shape index (κ2) is 6.19. The summed E-state index contributed by atoms with van der Waals surface area (Å²) in [7, 11) is 0. The highest BCUT2D eigenvalue weighted by atomic mass is 35.5. The summed E-state index contributed by atoms with van der Waals surface area (Å²) in [5.74, 6) is 0.585. The highest BCUT2D eigenvalue weighted by molar-refractivity contribution is 8.00. The van der Waals surface area contributed by atoms with Crippen LogP contribution in [0.5, 0.6) is 0 Å². The fourth-order valence-electron chi connectivity index (χ4n) is 2.50. The molecule has 1 aliphatic rings. The largest absolute Gasteiger partial charge is 0.389 e. The molecule has 0 amide bonds. The molecule has 1 fully saturated rings. The molecule has 0 aliphatic carbocycles. The molecule has 0 radical (unpaired) electrons. The van der Waals surface area contributed by atoms with Crippen LogP contribution in [0.25, 0.3) is 11.2 Å². The van der Waals surface area contributed by atoms with E-state index in [9.17, 15) is 10.2 Å². The van der Waals surface area contributed by atoms with Crippen LogP contribution in [0.1, 0.15) is 25.6 Å². The van der Waals surface area contributed by atoms with E-state index in [1.165, 1.54) is 11.8 Å². The van der Waals surface area contributed by atoms with Crippen molar-refractivity contribution in [3.05, 3.63) is 11.6 Å². The lowest BCUT2D eigenvalue weighted by Gasteiger charge is -2.17. The van der Waals surface area contributed by atoms with E-state index in [4.69, 9.17) is 11.6 Å². The molecule has 4 atom stereocenters. The molecule has 3 rings (SSSR count). The van der Waals surface area contributed by atoms with Gasteiger partial charge in [-0.05, 0) is 18.0 Å². The predicted molar refractivity (Wildman–Crippen MR) is 87.2 cm³/mol. The Kier molecular flexibility index (Phi) is 4.44. The summed E-state index contributed by atoms with van der Waals surface area (Å²) in [6.07, 6.45) is 0.907. The first-order valence-electron chi connectivity index (χ1n) is 7.18. The number of fused-ring (bicyclic) bond motifs is 1. The molecule has 0 aromatic carbocycles. The van der Waals surface area contributed by atoms with Crippen LogP contribution in [0, 0.1) is 0 Å². The number of imidazole rings is 1. The van der Waals surface area contributed by atoms with Crippen molar-refractivity contribution in [2.45, 2.75) is 43.1 Å². The molecule has 3 N–H and O–H groups in total. The summed E-state index contributed by atoms with van der Waals surface area (Å²) in [5, 5.41) is 23.1. The van der Waals surface area contributed by atoms with Gasteiger partial charge >= 0.3 is 0 Å². The number of halogens is 1. The van der Waals surface area contributed by atoms with Gasteiger partial charge in [0.1, 0.15) is 11.5 Å². The molecule has 3 heterocycles.